The first-order valence-corrected chi connectivity index (χ1v) is 18.9. The molecule has 2 nitrogen and oxygen atoms in total. The molecule has 0 spiro atoms. The fourth-order valence-corrected chi connectivity index (χ4v) is 9.30. The minimum atomic E-state index is -0.509. The SMILES string of the molecule is c1ccc(-c2cc3oc4cccc(N(c5ccccc5)c5cccc(C6(c7ccccc7)c7ccccc7-c7ccccc76)c5)c4c3c3ccccc23)cc1. The van der Waals surface area contributed by atoms with Crippen LogP contribution >= 0.6 is 0 Å². The summed E-state index contributed by atoms with van der Waals surface area (Å²) in [6.45, 7) is 0. The fourth-order valence-electron chi connectivity index (χ4n) is 9.30. The summed E-state index contributed by atoms with van der Waals surface area (Å²) in [5.74, 6) is 0. The first-order chi connectivity index (χ1) is 27.3. The van der Waals surface area contributed by atoms with Gasteiger partial charge in [-0.05, 0) is 97.7 Å². The Kier molecular flexibility index (Phi) is 7.11. The van der Waals surface area contributed by atoms with Crippen molar-refractivity contribution >= 4 is 49.8 Å². The number of rotatable bonds is 6. The Hall–Kier alpha value is -7.16. The lowest BCUT2D eigenvalue weighted by atomic mass is 9.67. The molecular formula is C53H35NO. The van der Waals surface area contributed by atoms with Gasteiger partial charge in [0, 0.05) is 16.8 Å². The maximum atomic E-state index is 6.82. The lowest BCUT2D eigenvalue weighted by Gasteiger charge is -2.35. The van der Waals surface area contributed by atoms with Gasteiger partial charge in [-0.1, -0.05) is 170 Å². The normalized spacial score (nSPS) is 12.9. The summed E-state index contributed by atoms with van der Waals surface area (Å²) in [7, 11) is 0. The molecular weight excluding hydrogens is 667 g/mol. The molecule has 0 saturated heterocycles. The van der Waals surface area contributed by atoms with Gasteiger partial charge in [0.15, 0.2) is 0 Å². The zero-order valence-electron chi connectivity index (χ0n) is 30.1. The van der Waals surface area contributed by atoms with Crippen molar-refractivity contribution in [2.24, 2.45) is 0 Å². The maximum absolute atomic E-state index is 6.82. The first kappa shape index (κ1) is 31.4. The van der Waals surface area contributed by atoms with E-state index in [1.807, 2.05) is 0 Å². The van der Waals surface area contributed by atoms with Gasteiger partial charge in [0.05, 0.1) is 16.5 Å². The van der Waals surface area contributed by atoms with Crippen molar-refractivity contribution in [2.45, 2.75) is 5.41 Å². The molecule has 1 heterocycles. The average Bonchev–Trinajstić information content (AvgIpc) is 3.79. The number of benzene rings is 9. The van der Waals surface area contributed by atoms with Crippen molar-refractivity contribution in [3.63, 3.8) is 0 Å². The fraction of sp³-hybridized carbons (Fsp3) is 0.0189. The summed E-state index contributed by atoms with van der Waals surface area (Å²) in [6.07, 6.45) is 0. The molecule has 0 unspecified atom stereocenters. The van der Waals surface area contributed by atoms with Crippen molar-refractivity contribution in [3.05, 3.63) is 235 Å². The van der Waals surface area contributed by atoms with E-state index in [9.17, 15) is 0 Å². The summed E-state index contributed by atoms with van der Waals surface area (Å²) in [4.78, 5) is 2.41. The molecule has 0 fully saturated rings. The van der Waals surface area contributed by atoms with Gasteiger partial charge in [-0.15, -0.1) is 0 Å². The van der Waals surface area contributed by atoms with Crippen LogP contribution in [0.4, 0.5) is 17.1 Å². The minimum Gasteiger partial charge on any atom is -0.456 e. The Balaban J connectivity index is 1.20. The van der Waals surface area contributed by atoms with E-state index in [1.165, 1.54) is 55.3 Å². The molecule has 0 atom stereocenters. The second kappa shape index (κ2) is 12.5. The Bertz CT molecular complexity index is 2990. The van der Waals surface area contributed by atoms with Crippen LogP contribution in [-0.4, -0.2) is 0 Å². The van der Waals surface area contributed by atoms with Gasteiger partial charge < -0.3 is 9.32 Å². The van der Waals surface area contributed by atoms with Crippen LogP contribution < -0.4 is 4.90 Å². The number of anilines is 3. The first-order valence-electron chi connectivity index (χ1n) is 18.9. The van der Waals surface area contributed by atoms with Crippen molar-refractivity contribution in [1.29, 1.82) is 0 Å². The maximum Gasteiger partial charge on any atom is 0.137 e. The summed E-state index contributed by atoms with van der Waals surface area (Å²) < 4.78 is 6.82. The third-order valence-electron chi connectivity index (χ3n) is 11.5. The van der Waals surface area contributed by atoms with Gasteiger partial charge in [-0.2, -0.15) is 0 Å². The summed E-state index contributed by atoms with van der Waals surface area (Å²) in [5.41, 5.74) is 14.4. The van der Waals surface area contributed by atoms with Crippen LogP contribution in [0.1, 0.15) is 22.3 Å². The molecule has 11 rings (SSSR count). The van der Waals surface area contributed by atoms with E-state index < -0.39 is 5.41 Å². The van der Waals surface area contributed by atoms with Crippen molar-refractivity contribution in [1.82, 2.24) is 0 Å². The van der Waals surface area contributed by atoms with E-state index in [0.717, 1.165) is 39.0 Å². The van der Waals surface area contributed by atoms with E-state index in [4.69, 9.17) is 4.42 Å². The van der Waals surface area contributed by atoms with E-state index >= 15 is 0 Å². The van der Waals surface area contributed by atoms with Crippen LogP contribution in [0.25, 0.3) is 55.0 Å². The molecule has 55 heavy (non-hydrogen) atoms. The van der Waals surface area contributed by atoms with Crippen LogP contribution in [0.2, 0.25) is 0 Å². The molecule has 0 radical (unpaired) electrons. The molecule has 0 bridgehead atoms. The van der Waals surface area contributed by atoms with E-state index in [2.05, 4.69) is 217 Å². The van der Waals surface area contributed by atoms with Gasteiger partial charge in [0.1, 0.15) is 11.2 Å². The van der Waals surface area contributed by atoms with Crippen molar-refractivity contribution < 1.29 is 4.42 Å². The average molecular weight is 702 g/mol. The number of fused-ring (bicyclic) bond motifs is 8. The molecule has 0 saturated carbocycles. The molecule has 1 aliphatic rings. The lowest BCUT2D eigenvalue weighted by Crippen LogP contribution is -2.28. The van der Waals surface area contributed by atoms with Crippen LogP contribution in [0.5, 0.6) is 0 Å². The highest BCUT2D eigenvalue weighted by molar-refractivity contribution is 6.25. The quantitative estimate of drug-likeness (QED) is 0.172. The van der Waals surface area contributed by atoms with Crippen LogP contribution in [0.15, 0.2) is 217 Å². The van der Waals surface area contributed by atoms with Gasteiger partial charge in [0.25, 0.3) is 0 Å². The van der Waals surface area contributed by atoms with Crippen LogP contribution in [0, 0.1) is 0 Å². The highest BCUT2D eigenvalue weighted by Gasteiger charge is 2.46. The molecule has 9 aromatic carbocycles. The predicted octanol–water partition coefficient (Wildman–Crippen LogP) is 14.2. The minimum absolute atomic E-state index is 0.509. The molecule has 10 aromatic rings. The van der Waals surface area contributed by atoms with E-state index in [0.29, 0.717) is 0 Å². The van der Waals surface area contributed by atoms with E-state index in [-0.39, 0.29) is 0 Å². The second-order valence-electron chi connectivity index (χ2n) is 14.4. The zero-order valence-corrected chi connectivity index (χ0v) is 30.1. The van der Waals surface area contributed by atoms with Crippen molar-refractivity contribution in [3.8, 4) is 22.3 Å². The molecule has 1 aliphatic carbocycles. The second-order valence-corrected chi connectivity index (χ2v) is 14.4. The van der Waals surface area contributed by atoms with Crippen molar-refractivity contribution in [2.75, 3.05) is 4.90 Å². The highest BCUT2D eigenvalue weighted by atomic mass is 16.3. The van der Waals surface area contributed by atoms with Crippen LogP contribution in [0.3, 0.4) is 0 Å². The summed E-state index contributed by atoms with van der Waals surface area (Å²) >= 11 is 0. The number of nitrogens with zero attached hydrogens (tertiary/aromatic N) is 1. The number of hydrogen-bond donors (Lipinski definition) is 0. The lowest BCUT2D eigenvalue weighted by molar-refractivity contribution is 0.669. The molecule has 1 aromatic heterocycles. The predicted molar refractivity (Wildman–Crippen MR) is 229 cm³/mol. The number of furan rings is 1. The van der Waals surface area contributed by atoms with Gasteiger partial charge in [-0.25, -0.2) is 0 Å². The number of hydrogen-bond acceptors (Lipinski definition) is 2. The standard InChI is InChI=1S/C53H35NO/c1-4-18-36(19-5-1)45-35-50-51(44-29-11-10-26-41(44)45)52-48(32-17-33-49(52)55-50)54(39-23-8-3-9-24-39)40-25-16-22-38(34-40)53(37-20-6-2-7-21-37)46-30-14-12-27-42(46)43-28-13-15-31-47(43)53/h1-35H. The molecule has 258 valence electrons. The van der Waals surface area contributed by atoms with Crippen LogP contribution in [-0.2, 0) is 5.41 Å². The van der Waals surface area contributed by atoms with Gasteiger partial charge >= 0.3 is 0 Å². The monoisotopic (exact) mass is 701 g/mol. The Morgan fingerprint density at radius 2 is 0.927 bits per heavy atom. The molecule has 0 aliphatic heterocycles. The van der Waals surface area contributed by atoms with Gasteiger partial charge in [0.2, 0.25) is 0 Å². The molecule has 0 N–H and O–H groups in total. The topological polar surface area (TPSA) is 16.4 Å². The zero-order chi connectivity index (χ0) is 36.3. The van der Waals surface area contributed by atoms with Gasteiger partial charge in [-0.3, -0.25) is 0 Å². The Morgan fingerprint density at radius 1 is 0.364 bits per heavy atom. The summed E-state index contributed by atoms with van der Waals surface area (Å²) in [6, 6.07) is 76.8. The largest absolute Gasteiger partial charge is 0.456 e. The molecule has 0 amide bonds. The summed E-state index contributed by atoms with van der Waals surface area (Å²) in [5, 5.41) is 4.60. The third-order valence-corrected chi connectivity index (χ3v) is 11.5. The molecule has 2 heteroatoms. The number of para-hydroxylation sites is 1. The highest BCUT2D eigenvalue weighted by Crippen LogP contribution is 2.57. The smallest absolute Gasteiger partial charge is 0.137 e. The Morgan fingerprint density at radius 3 is 1.65 bits per heavy atom. The van der Waals surface area contributed by atoms with E-state index in [1.54, 1.807) is 0 Å². The third kappa shape index (κ3) is 4.68. The Labute approximate surface area is 320 Å².